The van der Waals surface area contributed by atoms with Gasteiger partial charge in [-0.1, -0.05) is 18.2 Å². The SMILES string of the molecule is O=C(NCCc1ccc(O)cc1)c1csc2nc(-c3ccccn3)nc(N3CCCCC3)c12. The number of rotatable bonds is 6. The number of nitrogens with zero attached hydrogens (tertiary/aromatic N) is 4. The number of carbonyl (C=O) groups excluding carboxylic acids is 1. The number of fused-ring (bicyclic) bond motifs is 1. The molecule has 0 bridgehead atoms. The number of aromatic hydroxyl groups is 1. The van der Waals surface area contributed by atoms with Crippen molar-refractivity contribution in [3.8, 4) is 17.3 Å². The number of benzene rings is 1. The van der Waals surface area contributed by atoms with Crippen molar-refractivity contribution >= 4 is 33.3 Å². The largest absolute Gasteiger partial charge is 0.508 e. The van der Waals surface area contributed by atoms with Gasteiger partial charge in [-0.3, -0.25) is 9.78 Å². The van der Waals surface area contributed by atoms with Gasteiger partial charge in [0.05, 0.1) is 10.9 Å². The summed E-state index contributed by atoms with van der Waals surface area (Å²) in [7, 11) is 0. The van der Waals surface area contributed by atoms with E-state index in [9.17, 15) is 9.90 Å². The van der Waals surface area contributed by atoms with Crippen LogP contribution in [-0.4, -0.2) is 45.6 Å². The third kappa shape index (κ3) is 4.66. The van der Waals surface area contributed by atoms with Gasteiger partial charge in [0.1, 0.15) is 22.1 Å². The van der Waals surface area contributed by atoms with Crippen molar-refractivity contribution in [2.45, 2.75) is 25.7 Å². The lowest BCUT2D eigenvalue weighted by Crippen LogP contribution is -2.31. The molecule has 33 heavy (non-hydrogen) atoms. The first-order chi connectivity index (χ1) is 16.2. The van der Waals surface area contributed by atoms with Crippen LogP contribution in [0, 0.1) is 0 Å². The number of phenols is 1. The molecule has 1 saturated heterocycles. The Kier molecular flexibility index (Phi) is 6.17. The van der Waals surface area contributed by atoms with Crippen LogP contribution in [0.15, 0.2) is 54.0 Å². The molecule has 4 aromatic rings. The molecule has 1 aromatic carbocycles. The monoisotopic (exact) mass is 459 g/mol. The van der Waals surface area contributed by atoms with Crippen LogP contribution in [-0.2, 0) is 6.42 Å². The number of anilines is 1. The Morgan fingerprint density at radius 2 is 1.88 bits per heavy atom. The molecule has 7 nitrogen and oxygen atoms in total. The van der Waals surface area contributed by atoms with Crippen LogP contribution in [0.5, 0.6) is 5.75 Å². The first-order valence-electron chi connectivity index (χ1n) is 11.2. The van der Waals surface area contributed by atoms with E-state index >= 15 is 0 Å². The number of amides is 1. The minimum Gasteiger partial charge on any atom is -0.508 e. The highest BCUT2D eigenvalue weighted by atomic mass is 32.1. The van der Waals surface area contributed by atoms with Crippen LogP contribution in [0.4, 0.5) is 5.82 Å². The number of hydrogen-bond donors (Lipinski definition) is 2. The molecule has 5 rings (SSSR count). The van der Waals surface area contributed by atoms with Crippen molar-refractivity contribution < 1.29 is 9.90 Å². The van der Waals surface area contributed by atoms with Crippen LogP contribution >= 0.6 is 11.3 Å². The third-order valence-electron chi connectivity index (χ3n) is 5.84. The highest BCUT2D eigenvalue weighted by molar-refractivity contribution is 7.17. The van der Waals surface area contributed by atoms with E-state index in [0.717, 1.165) is 53.2 Å². The fraction of sp³-hybridized carbons (Fsp3) is 0.280. The Balaban J connectivity index is 1.45. The fourth-order valence-electron chi connectivity index (χ4n) is 4.11. The number of thiophene rings is 1. The topological polar surface area (TPSA) is 91.2 Å². The number of aromatic nitrogens is 3. The summed E-state index contributed by atoms with van der Waals surface area (Å²) in [5.41, 5.74) is 2.40. The number of nitrogens with one attached hydrogen (secondary N) is 1. The van der Waals surface area contributed by atoms with Gasteiger partial charge in [0, 0.05) is 31.2 Å². The fourth-order valence-corrected chi connectivity index (χ4v) is 5.03. The Hall–Kier alpha value is -3.52. The minimum absolute atomic E-state index is 0.118. The second-order valence-corrected chi connectivity index (χ2v) is 8.99. The molecule has 1 aliphatic rings. The molecular weight excluding hydrogens is 434 g/mol. The molecule has 0 radical (unpaired) electrons. The summed E-state index contributed by atoms with van der Waals surface area (Å²) in [5.74, 6) is 1.53. The molecule has 2 N–H and O–H groups in total. The van der Waals surface area contributed by atoms with E-state index in [1.165, 1.54) is 17.8 Å². The molecule has 168 valence electrons. The van der Waals surface area contributed by atoms with Crippen molar-refractivity contribution in [1.82, 2.24) is 20.3 Å². The summed E-state index contributed by atoms with van der Waals surface area (Å²) >= 11 is 1.47. The van der Waals surface area contributed by atoms with E-state index in [2.05, 4.69) is 15.2 Å². The van der Waals surface area contributed by atoms with Crippen molar-refractivity contribution in [3.05, 3.63) is 65.2 Å². The van der Waals surface area contributed by atoms with E-state index in [4.69, 9.17) is 9.97 Å². The summed E-state index contributed by atoms with van der Waals surface area (Å²) < 4.78 is 0. The van der Waals surface area contributed by atoms with Gasteiger partial charge >= 0.3 is 0 Å². The highest BCUT2D eigenvalue weighted by Crippen LogP contribution is 2.35. The van der Waals surface area contributed by atoms with E-state index in [0.29, 0.717) is 24.4 Å². The second kappa shape index (κ2) is 9.54. The molecular formula is C25H25N5O2S. The lowest BCUT2D eigenvalue weighted by atomic mass is 10.1. The Morgan fingerprint density at radius 3 is 2.64 bits per heavy atom. The number of piperidine rings is 1. The van der Waals surface area contributed by atoms with E-state index in [-0.39, 0.29) is 11.7 Å². The summed E-state index contributed by atoms with van der Waals surface area (Å²) in [6, 6.07) is 12.8. The number of hydrogen-bond acceptors (Lipinski definition) is 7. The maximum Gasteiger partial charge on any atom is 0.252 e. The zero-order valence-corrected chi connectivity index (χ0v) is 19.0. The lowest BCUT2D eigenvalue weighted by molar-refractivity contribution is 0.0956. The van der Waals surface area contributed by atoms with Crippen molar-refractivity contribution in [2.24, 2.45) is 0 Å². The van der Waals surface area contributed by atoms with Gasteiger partial charge in [-0.2, -0.15) is 0 Å². The molecule has 4 heterocycles. The minimum atomic E-state index is -0.118. The van der Waals surface area contributed by atoms with Gasteiger partial charge in [0.2, 0.25) is 0 Å². The van der Waals surface area contributed by atoms with Crippen LogP contribution < -0.4 is 10.2 Å². The van der Waals surface area contributed by atoms with Crippen LogP contribution in [0.25, 0.3) is 21.7 Å². The quantitative estimate of drug-likeness (QED) is 0.444. The summed E-state index contributed by atoms with van der Waals surface area (Å²) in [6.07, 6.45) is 5.87. The predicted octanol–water partition coefficient (Wildman–Crippen LogP) is 4.42. The number of pyridine rings is 1. The van der Waals surface area contributed by atoms with E-state index in [1.807, 2.05) is 35.7 Å². The van der Waals surface area contributed by atoms with Crippen molar-refractivity contribution in [1.29, 1.82) is 0 Å². The third-order valence-corrected chi connectivity index (χ3v) is 6.72. The first-order valence-corrected chi connectivity index (χ1v) is 12.1. The summed E-state index contributed by atoms with van der Waals surface area (Å²) in [5, 5.41) is 15.2. The van der Waals surface area contributed by atoms with Crippen LogP contribution in [0.1, 0.15) is 35.2 Å². The smallest absolute Gasteiger partial charge is 0.252 e. The molecule has 3 aromatic heterocycles. The van der Waals surface area contributed by atoms with Crippen LogP contribution in [0.3, 0.4) is 0 Å². The average molecular weight is 460 g/mol. The van der Waals surface area contributed by atoms with Gasteiger partial charge in [-0.05, 0) is 55.5 Å². The second-order valence-electron chi connectivity index (χ2n) is 8.14. The van der Waals surface area contributed by atoms with Crippen LogP contribution in [0.2, 0.25) is 0 Å². The van der Waals surface area contributed by atoms with Crippen molar-refractivity contribution in [3.63, 3.8) is 0 Å². The summed E-state index contributed by atoms with van der Waals surface area (Å²) in [6.45, 7) is 2.35. The Morgan fingerprint density at radius 1 is 1.06 bits per heavy atom. The zero-order valence-electron chi connectivity index (χ0n) is 18.2. The number of phenolic OH excluding ortho intramolecular Hbond substituents is 1. The molecule has 1 amide bonds. The zero-order chi connectivity index (χ0) is 22.6. The highest BCUT2D eigenvalue weighted by Gasteiger charge is 2.24. The predicted molar refractivity (Wildman–Crippen MR) is 131 cm³/mol. The van der Waals surface area contributed by atoms with Gasteiger partial charge in [0.25, 0.3) is 5.91 Å². The van der Waals surface area contributed by atoms with Gasteiger partial charge in [-0.15, -0.1) is 11.3 Å². The molecule has 0 unspecified atom stereocenters. The molecule has 0 atom stereocenters. The van der Waals surface area contributed by atoms with E-state index < -0.39 is 0 Å². The molecule has 0 spiro atoms. The van der Waals surface area contributed by atoms with Gasteiger partial charge < -0.3 is 15.3 Å². The Labute approximate surface area is 196 Å². The molecule has 0 aliphatic carbocycles. The van der Waals surface area contributed by atoms with Gasteiger partial charge in [0.15, 0.2) is 5.82 Å². The lowest BCUT2D eigenvalue weighted by Gasteiger charge is -2.28. The molecule has 0 saturated carbocycles. The maximum atomic E-state index is 13.1. The average Bonchev–Trinajstić information content (AvgIpc) is 3.30. The molecule has 1 fully saturated rings. The van der Waals surface area contributed by atoms with E-state index in [1.54, 1.807) is 18.3 Å². The summed E-state index contributed by atoms with van der Waals surface area (Å²) in [4.78, 5) is 30.3. The Bertz CT molecular complexity index is 1250. The molecule has 8 heteroatoms. The normalized spacial score (nSPS) is 13.9. The maximum absolute atomic E-state index is 13.1. The number of carbonyl (C=O) groups is 1. The molecule has 1 aliphatic heterocycles. The van der Waals surface area contributed by atoms with Crippen molar-refractivity contribution in [2.75, 3.05) is 24.5 Å². The first kappa shape index (κ1) is 21.3. The standard InChI is InChI=1S/C25H25N5O2S/c31-18-9-7-17(8-10-18)11-13-27-24(32)19-16-33-25-21(19)23(30-14-4-1-5-15-30)28-22(29-25)20-6-2-3-12-26-20/h2-3,6-10,12,16,31H,1,4-5,11,13-15H2,(H,27,32). The van der Waals surface area contributed by atoms with Gasteiger partial charge in [-0.25, -0.2) is 9.97 Å².